The van der Waals surface area contributed by atoms with Crippen molar-refractivity contribution in [1.29, 1.82) is 0 Å². The summed E-state index contributed by atoms with van der Waals surface area (Å²) >= 11 is 0. The van der Waals surface area contributed by atoms with E-state index in [-0.39, 0.29) is 5.58 Å². The van der Waals surface area contributed by atoms with E-state index in [2.05, 4.69) is 0 Å². The first-order chi connectivity index (χ1) is 17.0. The average molecular weight is 488 g/mol. The molecule has 0 aliphatic carbocycles. The highest BCUT2D eigenvalue weighted by Gasteiger charge is 2.46. The maximum absolute atomic E-state index is 12.1. The lowest BCUT2D eigenvalue weighted by Gasteiger charge is -2.42. The van der Waals surface area contributed by atoms with Gasteiger partial charge in [0.05, 0.1) is 16.5 Å². The molecule has 2 aromatic heterocycles. The summed E-state index contributed by atoms with van der Waals surface area (Å²) in [6.45, 7) is 7.33. The molecule has 0 radical (unpaired) electrons. The van der Waals surface area contributed by atoms with E-state index in [0.29, 0.717) is 44.7 Å². The van der Waals surface area contributed by atoms with Crippen LogP contribution in [0.4, 0.5) is 0 Å². The highest BCUT2D eigenvalue weighted by atomic mass is 16.5. The monoisotopic (exact) mass is 488 g/mol. The Morgan fingerprint density at radius 2 is 1.56 bits per heavy atom. The molecule has 8 nitrogen and oxygen atoms in total. The largest absolute Gasteiger partial charge is 0.484 e. The minimum atomic E-state index is -1.14. The molecule has 184 valence electrons. The predicted octanol–water partition coefficient (Wildman–Crippen LogP) is 4.74. The molecule has 2 aromatic carbocycles. The second-order valence-electron chi connectivity index (χ2n) is 10.2. The van der Waals surface area contributed by atoms with E-state index < -0.39 is 34.7 Å². The Kier molecular flexibility index (Phi) is 4.66. The average Bonchev–Trinajstić information content (AvgIpc) is 2.80. The molecule has 2 aliphatic heterocycles. The van der Waals surface area contributed by atoms with Crippen LogP contribution < -0.4 is 25.5 Å². The molecule has 0 saturated heterocycles. The first-order valence-electron chi connectivity index (χ1n) is 11.6. The number of aliphatic hydroxyl groups is 1. The Labute approximate surface area is 205 Å². The summed E-state index contributed by atoms with van der Waals surface area (Å²) < 4.78 is 29.8. The maximum Gasteiger partial charge on any atom is 0.336 e. The Balaban J connectivity index is 1.59. The molecule has 1 N–H and O–H groups in total. The van der Waals surface area contributed by atoms with Gasteiger partial charge in [0.25, 0.3) is 0 Å². The number of hydrogen-bond acceptors (Lipinski definition) is 8. The van der Waals surface area contributed by atoms with Crippen LogP contribution in [0.2, 0.25) is 0 Å². The molecule has 0 unspecified atom stereocenters. The molecule has 4 heterocycles. The lowest BCUT2D eigenvalue weighted by atomic mass is 9.87. The van der Waals surface area contributed by atoms with Gasteiger partial charge in [-0.1, -0.05) is 0 Å². The van der Waals surface area contributed by atoms with Crippen molar-refractivity contribution in [3.63, 3.8) is 0 Å². The SMILES string of the molecule is CC1(C)C=Cc2c(cc(O[C@H]3c4c(ccc5ccc(=O)oc45)OC(C)(C)[C@H]3O)c3ccc(=O)oc23)O1. The van der Waals surface area contributed by atoms with Crippen molar-refractivity contribution in [2.75, 3.05) is 0 Å². The number of ether oxygens (including phenoxy) is 3. The van der Waals surface area contributed by atoms with Crippen LogP contribution >= 0.6 is 0 Å². The summed E-state index contributed by atoms with van der Waals surface area (Å²) in [4.78, 5) is 24.2. The topological polar surface area (TPSA) is 108 Å². The third kappa shape index (κ3) is 3.48. The first kappa shape index (κ1) is 22.4. The van der Waals surface area contributed by atoms with E-state index in [4.69, 9.17) is 23.0 Å². The van der Waals surface area contributed by atoms with Gasteiger partial charge in [-0.3, -0.25) is 0 Å². The van der Waals surface area contributed by atoms with Crippen molar-refractivity contribution in [3.8, 4) is 17.2 Å². The van der Waals surface area contributed by atoms with E-state index in [1.54, 1.807) is 44.2 Å². The Morgan fingerprint density at radius 3 is 2.33 bits per heavy atom. The van der Waals surface area contributed by atoms with Crippen molar-refractivity contribution >= 4 is 28.0 Å². The van der Waals surface area contributed by atoms with Crippen LogP contribution in [0.3, 0.4) is 0 Å². The van der Waals surface area contributed by atoms with Gasteiger partial charge in [0.1, 0.15) is 40.1 Å². The molecular formula is C28H24O8. The molecule has 4 aromatic rings. The number of aliphatic hydroxyl groups excluding tert-OH is 1. The fourth-order valence-electron chi connectivity index (χ4n) is 4.76. The Hall–Kier alpha value is -4.04. The van der Waals surface area contributed by atoms with Crippen LogP contribution in [0.15, 0.2) is 67.0 Å². The third-order valence-corrected chi connectivity index (χ3v) is 6.59. The van der Waals surface area contributed by atoms with E-state index in [1.165, 1.54) is 12.1 Å². The van der Waals surface area contributed by atoms with Gasteiger partial charge >= 0.3 is 11.3 Å². The molecule has 0 fully saturated rings. The van der Waals surface area contributed by atoms with Gasteiger partial charge in [0.15, 0.2) is 11.7 Å². The number of fused-ring (bicyclic) bond motifs is 6. The number of hydrogen-bond donors (Lipinski definition) is 1. The van der Waals surface area contributed by atoms with Crippen LogP contribution in [0.1, 0.15) is 44.9 Å². The molecule has 0 bridgehead atoms. The summed E-state index contributed by atoms with van der Waals surface area (Å²) in [6.07, 6.45) is 1.63. The summed E-state index contributed by atoms with van der Waals surface area (Å²) in [5.41, 5.74) is -1.01. The minimum Gasteiger partial charge on any atom is -0.484 e. The van der Waals surface area contributed by atoms with E-state index in [1.807, 2.05) is 26.0 Å². The van der Waals surface area contributed by atoms with E-state index in [9.17, 15) is 14.7 Å². The highest BCUT2D eigenvalue weighted by Crippen LogP contribution is 2.48. The highest BCUT2D eigenvalue weighted by molar-refractivity contribution is 5.94. The van der Waals surface area contributed by atoms with Gasteiger partial charge in [0.2, 0.25) is 0 Å². The normalized spacial score (nSPS) is 21.4. The lowest BCUT2D eigenvalue weighted by molar-refractivity contribution is -0.102. The minimum absolute atomic E-state index is 0.272. The Morgan fingerprint density at radius 1 is 0.861 bits per heavy atom. The first-order valence-corrected chi connectivity index (χ1v) is 11.6. The second kappa shape index (κ2) is 7.48. The molecule has 6 rings (SSSR count). The van der Waals surface area contributed by atoms with Gasteiger partial charge in [-0.05, 0) is 64.1 Å². The zero-order chi connectivity index (χ0) is 25.4. The summed E-state index contributed by atoms with van der Waals surface area (Å²) in [6, 6.07) is 11.2. The van der Waals surface area contributed by atoms with Crippen molar-refractivity contribution in [1.82, 2.24) is 0 Å². The smallest absolute Gasteiger partial charge is 0.336 e. The van der Waals surface area contributed by atoms with Crippen LogP contribution in [-0.4, -0.2) is 22.4 Å². The zero-order valence-electron chi connectivity index (χ0n) is 20.2. The lowest BCUT2D eigenvalue weighted by Crippen LogP contribution is -2.50. The van der Waals surface area contributed by atoms with Crippen molar-refractivity contribution < 1.29 is 28.2 Å². The van der Waals surface area contributed by atoms with E-state index >= 15 is 0 Å². The van der Waals surface area contributed by atoms with Gasteiger partial charge in [-0.25, -0.2) is 9.59 Å². The number of benzene rings is 2. The van der Waals surface area contributed by atoms with Crippen molar-refractivity contribution in [2.24, 2.45) is 0 Å². The van der Waals surface area contributed by atoms with Crippen molar-refractivity contribution in [2.45, 2.75) is 51.1 Å². The zero-order valence-corrected chi connectivity index (χ0v) is 20.2. The quantitative estimate of drug-likeness (QED) is 0.403. The fourth-order valence-corrected chi connectivity index (χ4v) is 4.76. The number of rotatable bonds is 2. The molecule has 0 spiro atoms. The molecule has 8 heteroatoms. The summed E-state index contributed by atoms with van der Waals surface area (Å²) in [7, 11) is 0. The fraction of sp³-hybridized carbons (Fsp3) is 0.286. The van der Waals surface area contributed by atoms with Gasteiger partial charge in [0, 0.05) is 23.6 Å². The summed E-state index contributed by atoms with van der Waals surface area (Å²) in [5.74, 6) is 1.25. The molecule has 0 saturated carbocycles. The van der Waals surface area contributed by atoms with Gasteiger partial charge < -0.3 is 28.2 Å². The van der Waals surface area contributed by atoms with E-state index in [0.717, 1.165) is 0 Å². The molecule has 2 atom stereocenters. The van der Waals surface area contributed by atoms with Crippen LogP contribution in [0.5, 0.6) is 17.2 Å². The Bertz CT molecular complexity index is 1690. The maximum atomic E-state index is 12.1. The molecule has 36 heavy (non-hydrogen) atoms. The van der Waals surface area contributed by atoms with Crippen LogP contribution in [-0.2, 0) is 0 Å². The van der Waals surface area contributed by atoms with Gasteiger partial charge in [-0.2, -0.15) is 0 Å². The van der Waals surface area contributed by atoms with Gasteiger partial charge in [-0.15, -0.1) is 0 Å². The van der Waals surface area contributed by atoms with Crippen LogP contribution in [0, 0.1) is 0 Å². The standard InChI is InChI=1S/C28H24O8/c1-27(2)12-11-16-19(35-27)13-18(15-7-10-21(30)34-24(15)16)32-25-22-17(36-28(3,4)26(25)31)8-5-14-6-9-20(29)33-23(14)22/h5-13,25-26,31H,1-4H3/t25-,26-/m0/s1. The molecule has 2 aliphatic rings. The molecular weight excluding hydrogens is 464 g/mol. The molecule has 0 amide bonds. The van der Waals surface area contributed by atoms with Crippen LogP contribution in [0.25, 0.3) is 28.0 Å². The predicted molar refractivity (Wildman–Crippen MR) is 133 cm³/mol. The second-order valence-corrected chi connectivity index (χ2v) is 10.2. The van der Waals surface area contributed by atoms with Crippen molar-refractivity contribution in [3.05, 3.63) is 80.5 Å². The third-order valence-electron chi connectivity index (χ3n) is 6.59. The summed E-state index contributed by atoms with van der Waals surface area (Å²) in [5, 5.41) is 12.6.